The van der Waals surface area contributed by atoms with Gasteiger partial charge in [-0.15, -0.1) is 11.3 Å². The highest BCUT2D eigenvalue weighted by atomic mass is 32.2. The smallest absolute Gasteiger partial charge is 0.232 e. The Morgan fingerprint density at radius 1 is 1.18 bits per heavy atom. The van der Waals surface area contributed by atoms with Crippen LogP contribution in [0.2, 0.25) is 0 Å². The van der Waals surface area contributed by atoms with Crippen molar-refractivity contribution in [2.24, 2.45) is 5.92 Å². The Hall–Kier alpha value is -2.37. The molecule has 0 aliphatic heterocycles. The number of hydrogen-bond donors (Lipinski definition) is 2. The fourth-order valence-electron chi connectivity index (χ4n) is 2.52. The number of thiazole rings is 2. The molecule has 2 heterocycles. The predicted octanol–water partition coefficient (Wildman–Crippen LogP) is 2.69. The molecule has 2 amide bonds. The molecule has 1 aromatic carbocycles. The Balaban J connectivity index is 1.40. The second kappa shape index (κ2) is 7.22. The molecule has 28 heavy (non-hydrogen) atoms. The maximum atomic E-state index is 12.3. The van der Waals surface area contributed by atoms with Crippen LogP contribution in [0.5, 0.6) is 0 Å². The van der Waals surface area contributed by atoms with Crippen molar-refractivity contribution in [3.05, 3.63) is 29.3 Å². The number of carbonyl (C=O) groups excluding carboxylic acids is 2. The number of rotatable bonds is 6. The number of nitrogens with one attached hydrogen (secondary N) is 2. The van der Waals surface area contributed by atoms with Crippen LogP contribution in [0, 0.1) is 5.92 Å². The molecule has 8 nitrogen and oxygen atoms in total. The first-order chi connectivity index (χ1) is 13.3. The van der Waals surface area contributed by atoms with Gasteiger partial charge in [0.25, 0.3) is 0 Å². The van der Waals surface area contributed by atoms with Crippen molar-refractivity contribution >= 4 is 64.8 Å². The summed E-state index contributed by atoms with van der Waals surface area (Å²) in [5.41, 5.74) is 1.18. The molecule has 1 aliphatic carbocycles. The highest BCUT2D eigenvalue weighted by Gasteiger charge is 2.30. The molecule has 2 N–H and O–H groups in total. The average molecular weight is 437 g/mol. The van der Waals surface area contributed by atoms with E-state index in [4.69, 9.17) is 0 Å². The molecule has 3 aromatic rings. The van der Waals surface area contributed by atoms with Crippen LogP contribution >= 0.6 is 22.7 Å². The summed E-state index contributed by atoms with van der Waals surface area (Å²) in [6.45, 7) is 0. The molecular formula is C17H16N4O4S3. The normalized spacial score (nSPS) is 14.2. The summed E-state index contributed by atoms with van der Waals surface area (Å²) in [6.07, 6.45) is 3.04. The summed E-state index contributed by atoms with van der Waals surface area (Å²) in [5, 5.41) is 8.09. The number of nitrogens with zero attached hydrogens (tertiary/aromatic N) is 2. The fraction of sp³-hybridized carbons (Fsp3) is 0.294. The first-order valence-electron chi connectivity index (χ1n) is 8.44. The predicted molar refractivity (Wildman–Crippen MR) is 109 cm³/mol. The van der Waals surface area contributed by atoms with E-state index in [2.05, 4.69) is 20.6 Å². The summed E-state index contributed by atoms with van der Waals surface area (Å²) in [6, 6.07) is 4.66. The lowest BCUT2D eigenvalue weighted by atomic mass is 10.3. The SMILES string of the molecule is CS(=O)(=O)c1ccc2nc(NC(=O)Cc3csc(NC(=O)C4CC4)n3)sc2c1. The Labute approximate surface area is 168 Å². The molecule has 2 aromatic heterocycles. The lowest BCUT2D eigenvalue weighted by Crippen LogP contribution is -2.15. The van der Waals surface area contributed by atoms with Crippen LogP contribution in [0.4, 0.5) is 10.3 Å². The van der Waals surface area contributed by atoms with Crippen molar-refractivity contribution in [1.82, 2.24) is 9.97 Å². The van der Waals surface area contributed by atoms with Crippen LogP contribution in [0.1, 0.15) is 18.5 Å². The molecule has 146 valence electrons. The summed E-state index contributed by atoms with van der Waals surface area (Å²) < 4.78 is 24.0. The number of fused-ring (bicyclic) bond motifs is 1. The molecule has 1 saturated carbocycles. The number of sulfone groups is 1. The van der Waals surface area contributed by atoms with E-state index in [0.717, 1.165) is 19.1 Å². The molecule has 0 unspecified atom stereocenters. The molecule has 0 bridgehead atoms. The second-order valence-corrected chi connectivity index (χ2v) is 10.5. The van der Waals surface area contributed by atoms with Crippen molar-refractivity contribution in [3.63, 3.8) is 0 Å². The van der Waals surface area contributed by atoms with Gasteiger partial charge in [-0.05, 0) is 31.0 Å². The number of hydrogen-bond acceptors (Lipinski definition) is 8. The van der Waals surface area contributed by atoms with E-state index in [1.165, 1.54) is 28.7 Å². The van der Waals surface area contributed by atoms with Crippen LogP contribution in [0.15, 0.2) is 28.5 Å². The molecule has 4 rings (SSSR count). The maximum absolute atomic E-state index is 12.3. The van der Waals surface area contributed by atoms with Gasteiger partial charge in [0.05, 0.1) is 27.2 Å². The number of amides is 2. The molecule has 11 heteroatoms. The third-order valence-corrected chi connectivity index (χ3v) is 6.96. The zero-order valence-electron chi connectivity index (χ0n) is 14.8. The molecule has 0 radical (unpaired) electrons. The van der Waals surface area contributed by atoms with E-state index in [1.807, 2.05) is 0 Å². The van der Waals surface area contributed by atoms with Gasteiger partial charge in [0, 0.05) is 17.6 Å². The van der Waals surface area contributed by atoms with E-state index >= 15 is 0 Å². The second-order valence-electron chi connectivity index (χ2n) is 6.55. The highest BCUT2D eigenvalue weighted by Crippen LogP contribution is 2.31. The van der Waals surface area contributed by atoms with Gasteiger partial charge in [-0.1, -0.05) is 11.3 Å². The zero-order valence-corrected chi connectivity index (χ0v) is 17.2. The number of aromatic nitrogens is 2. The van der Waals surface area contributed by atoms with E-state index in [1.54, 1.807) is 17.5 Å². The third-order valence-electron chi connectivity index (χ3n) is 4.11. The first kappa shape index (κ1) is 19.0. The highest BCUT2D eigenvalue weighted by molar-refractivity contribution is 7.90. The standard InChI is InChI=1S/C17H16N4O4S3/c1-28(24,25)11-4-5-12-13(7-11)27-17(19-12)20-14(22)6-10-8-26-16(18-10)21-15(23)9-2-3-9/h4-5,7-9H,2-3,6H2,1H3,(H,18,21,23)(H,19,20,22). The number of anilines is 2. The molecular weight excluding hydrogens is 420 g/mol. The van der Waals surface area contributed by atoms with Crippen molar-refractivity contribution < 1.29 is 18.0 Å². The van der Waals surface area contributed by atoms with Gasteiger partial charge in [-0.25, -0.2) is 18.4 Å². The van der Waals surface area contributed by atoms with Gasteiger partial charge in [-0.3, -0.25) is 9.59 Å². The monoisotopic (exact) mass is 436 g/mol. The number of benzene rings is 1. The molecule has 0 saturated heterocycles. The van der Waals surface area contributed by atoms with Crippen molar-refractivity contribution in [1.29, 1.82) is 0 Å². The molecule has 1 fully saturated rings. The van der Waals surface area contributed by atoms with Crippen LogP contribution in [0.3, 0.4) is 0 Å². The lowest BCUT2D eigenvalue weighted by Gasteiger charge is -1.99. The molecule has 0 atom stereocenters. The average Bonchev–Trinajstić information content (AvgIpc) is 3.26. The minimum absolute atomic E-state index is 0.0201. The fourth-order valence-corrected chi connectivity index (χ4v) is 4.87. The van der Waals surface area contributed by atoms with Gasteiger partial charge in [0.15, 0.2) is 20.1 Å². The van der Waals surface area contributed by atoms with Crippen LogP contribution in [-0.2, 0) is 25.8 Å². The van der Waals surface area contributed by atoms with Gasteiger partial charge in [0.1, 0.15) is 0 Å². The van der Waals surface area contributed by atoms with Crippen molar-refractivity contribution in [3.8, 4) is 0 Å². The van der Waals surface area contributed by atoms with Gasteiger partial charge < -0.3 is 10.6 Å². The maximum Gasteiger partial charge on any atom is 0.232 e. The molecule has 0 spiro atoms. The van der Waals surface area contributed by atoms with Gasteiger partial charge in [-0.2, -0.15) is 0 Å². The summed E-state index contributed by atoms with van der Waals surface area (Å²) in [7, 11) is -3.30. The van der Waals surface area contributed by atoms with Crippen LogP contribution < -0.4 is 10.6 Å². The van der Waals surface area contributed by atoms with E-state index < -0.39 is 9.84 Å². The summed E-state index contributed by atoms with van der Waals surface area (Å²) in [5.74, 6) is -0.209. The molecule has 1 aliphatic rings. The van der Waals surface area contributed by atoms with E-state index in [0.29, 0.717) is 26.2 Å². The van der Waals surface area contributed by atoms with Crippen LogP contribution in [-0.4, -0.2) is 36.5 Å². The van der Waals surface area contributed by atoms with Gasteiger partial charge >= 0.3 is 0 Å². The largest absolute Gasteiger partial charge is 0.302 e. The quantitative estimate of drug-likeness (QED) is 0.613. The first-order valence-corrected chi connectivity index (χ1v) is 12.0. The Bertz CT molecular complexity index is 1180. The Morgan fingerprint density at radius 2 is 1.96 bits per heavy atom. The Kier molecular flexibility index (Phi) is 4.89. The lowest BCUT2D eigenvalue weighted by molar-refractivity contribution is -0.117. The third kappa shape index (κ3) is 4.37. The topological polar surface area (TPSA) is 118 Å². The van der Waals surface area contributed by atoms with Crippen molar-refractivity contribution in [2.45, 2.75) is 24.2 Å². The minimum atomic E-state index is -3.30. The van der Waals surface area contributed by atoms with Crippen LogP contribution in [0.25, 0.3) is 10.2 Å². The summed E-state index contributed by atoms with van der Waals surface area (Å²) >= 11 is 2.49. The van der Waals surface area contributed by atoms with E-state index in [9.17, 15) is 18.0 Å². The van der Waals surface area contributed by atoms with Crippen molar-refractivity contribution in [2.75, 3.05) is 16.9 Å². The Morgan fingerprint density at radius 3 is 2.68 bits per heavy atom. The number of carbonyl (C=O) groups is 2. The zero-order chi connectivity index (χ0) is 19.9. The summed E-state index contributed by atoms with van der Waals surface area (Å²) in [4.78, 5) is 32.8. The van der Waals surface area contributed by atoms with Gasteiger partial charge in [0.2, 0.25) is 11.8 Å². The minimum Gasteiger partial charge on any atom is -0.302 e. The van der Waals surface area contributed by atoms with E-state index in [-0.39, 0.29) is 29.0 Å².